The maximum Gasteiger partial charge on any atom is 0.120 e. The van der Waals surface area contributed by atoms with Crippen LogP contribution in [0.25, 0.3) is 5.76 Å². The zero-order valence-corrected chi connectivity index (χ0v) is 10.7. The van der Waals surface area contributed by atoms with Gasteiger partial charge in [-0.2, -0.15) is 0 Å². The normalized spacial score (nSPS) is 30.1. The Kier molecular flexibility index (Phi) is 2.78. The summed E-state index contributed by atoms with van der Waals surface area (Å²) < 4.78 is 11.4. The van der Waals surface area contributed by atoms with Crippen molar-refractivity contribution in [3.8, 4) is 5.75 Å². The number of benzene rings is 1. The standard InChI is InChI=1S/C15H19NO2/c1-9-3-6-14(15(9)16)18-12-4-5-13-10(2)17-8-11(13)7-12/h4-5,7,9,14-15H,2-3,6,8,16H2,1H3/t9-,14+,15+/m0/s1. The summed E-state index contributed by atoms with van der Waals surface area (Å²) in [6.45, 7) is 6.65. The molecule has 0 aromatic heterocycles. The summed E-state index contributed by atoms with van der Waals surface area (Å²) in [6.07, 6.45) is 2.34. The van der Waals surface area contributed by atoms with Gasteiger partial charge < -0.3 is 15.2 Å². The summed E-state index contributed by atoms with van der Waals surface area (Å²) in [4.78, 5) is 0. The van der Waals surface area contributed by atoms with Crippen molar-refractivity contribution in [1.29, 1.82) is 0 Å². The molecular weight excluding hydrogens is 226 g/mol. The number of nitrogens with two attached hydrogens (primary N) is 1. The second-order valence-electron chi connectivity index (χ2n) is 5.32. The second kappa shape index (κ2) is 4.32. The lowest BCUT2D eigenvalue weighted by Gasteiger charge is -2.20. The third-order valence-electron chi connectivity index (χ3n) is 4.06. The van der Waals surface area contributed by atoms with E-state index in [0.29, 0.717) is 12.5 Å². The van der Waals surface area contributed by atoms with Crippen LogP contribution in [0.5, 0.6) is 5.75 Å². The smallest absolute Gasteiger partial charge is 0.120 e. The average molecular weight is 245 g/mol. The predicted octanol–water partition coefficient (Wildman–Crippen LogP) is 2.69. The van der Waals surface area contributed by atoms with E-state index in [-0.39, 0.29) is 12.1 Å². The third-order valence-corrected chi connectivity index (χ3v) is 4.06. The molecule has 1 heterocycles. The van der Waals surface area contributed by atoms with Gasteiger partial charge in [-0.15, -0.1) is 0 Å². The fraction of sp³-hybridized carbons (Fsp3) is 0.467. The molecule has 18 heavy (non-hydrogen) atoms. The minimum atomic E-state index is 0.142. The molecule has 3 nitrogen and oxygen atoms in total. The van der Waals surface area contributed by atoms with E-state index in [1.165, 1.54) is 0 Å². The van der Waals surface area contributed by atoms with Crippen LogP contribution in [0.3, 0.4) is 0 Å². The van der Waals surface area contributed by atoms with Crippen molar-refractivity contribution in [2.45, 2.75) is 38.5 Å². The van der Waals surface area contributed by atoms with Crippen LogP contribution < -0.4 is 10.5 Å². The van der Waals surface area contributed by atoms with E-state index in [4.69, 9.17) is 15.2 Å². The largest absolute Gasteiger partial charge is 0.489 e. The van der Waals surface area contributed by atoms with E-state index < -0.39 is 0 Å². The fourth-order valence-corrected chi connectivity index (χ4v) is 2.77. The molecule has 1 aliphatic heterocycles. The van der Waals surface area contributed by atoms with Gasteiger partial charge in [-0.3, -0.25) is 0 Å². The summed E-state index contributed by atoms with van der Waals surface area (Å²) in [5.74, 6) is 2.19. The zero-order valence-electron chi connectivity index (χ0n) is 10.7. The van der Waals surface area contributed by atoms with Crippen LogP contribution in [-0.2, 0) is 11.3 Å². The van der Waals surface area contributed by atoms with Gasteiger partial charge in [0.1, 0.15) is 24.2 Å². The van der Waals surface area contributed by atoms with Crippen molar-refractivity contribution in [1.82, 2.24) is 0 Å². The molecule has 3 heteroatoms. The van der Waals surface area contributed by atoms with Gasteiger partial charge in [0, 0.05) is 17.2 Å². The van der Waals surface area contributed by atoms with Gasteiger partial charge in [-0.05, 0) is 37.0 Å². The molecule has 96 valence electrons. The van der Waals surface area contributed by atoms with Gasteiger partial charge in [0.2, 0.25) is 0 Å². The van der Waals surface area contributed by atoms with Crippen LogP contribution >= 0.6 is 0 Å². The van der Waals surface area contributed by atoms with Gasteiger partial charge >= 0.3 is 0 Å². The molecule has 0 saturated heterocycles. The summed E-state index contributed by atoms with van der Waals surface area (Å²) in [5, 5.41) is 0. The molecule has 0 radical (unpaired) electrons. The number of fused-ring (bicyclic) bond motifs is 1. The van der Waals surface area contributed by atoms with Gasteiger partial charge in [-0.1, -0.05) is 13.5 Å². The molecule has 1 saturated carbocycles. The average Bonchev–Trinajstić information content (AvgIpc) is 2.88. The molecule has 0 amide bonds. The molecule has 1 fully saturated rings. The maximum absolute atomic E-state index is 6.14. The van der Waals surface area contributed by atoms with Crippen LogP contribution in [0.4, 0.5) is 0 Å². The first-order valence-corrected chi connectivity index (χ1v) is 6.52. The number of hydrogen-bond acceptors (Lipinski definition) is 3. The molecule has 2 aliphatic rings. The topological polar surface area (TPSA) is 44.5 Å². The van der Waals surface area contributed by atoms with E-state index in [1.54, 1.807) is 0 Å². The predicted molar refractivity (Wildman–Crippen MR) is 71.1 cm³/mol. The minimum Gasteiger partial charge on any atom is -0.489 e. The monoisotopic (exact) mass is 245 g/mol. The van der Waals surface area contributed by atoms with Gasteiger partial charge in [0.25, 0.3) is 0 Å². The Bertz CT molecular complexity index is 483. The Morgan fingerprint density at radius 1 is 1.39 bits per heavy atom. The van der Waals surface area contributed by atoms with E-state index >= 15 is 0 Å². The summed E-state index contributed by atoms with van der Waals surface area (Å²) in [7, 11) is 0. The first-order valence-electron chi connectivity index (χ1n) is 6.52. The molecule has 0 spiro atoms. The molecule has 2 N–H and O–H groups in total. The van der Waals surface area contributed by atoms with Crippen LogP contribution in [0.1, 0.15) is 30.9 Å². The molecule has 3 atom stereocenters. The maximum atomic E-state index is 6.14. The lowest BCUT2D eigenvalue weighted by atomic mass is 10.1. The molecule has 1 aliphatic carbocycles. The first-order chi connectivity index (χ1) is 8.65. The molecule has 3 rings (SSSR count). The quantitative estimate of drug-likeness (QED) is 0.871. The number of ether oxygens (including phenoxy) is 2. The van der Waals surface area contributed by atoms with Crippen molar-refractivity contribution in [3.05, 3.63) is 35.9 Å². The SMILES string of the molecule is C=C1OCc2cc(O[C@@H]3CC[C@H](C)[C@H]3N)ccc21. The molecule has 0 bridgehead atoms. The Labute approximate surface area is 108 Å². The van der Waals surface area contributed by atoms with E-state index in [9.17, 15) is 0 Å². The fourth-order valence-electron chi connectivity index (χ4n) is 2.77. The van der Waals surface area contributed by atoms with Crippen molar-refractivity contribution in [3.63, 3.8) is 0 Å². The van der Waals surface area contributed by atoms with Crippen molar-refractivity contribution in [2.24, 2.45) is 11.7 Å². The van der Waals surface area contributed by atoms with Gasteiger partial charge in [0.05, 0.1) is 0 Å². The summed E-state index contributed by atoms with van der Waals surface area (Å²) in [6, 6.07) is 6.19. The zero-order chi connectivity index (χ0) is 12.7. The van der Waals surface area contributed by atoms with Gasteiger partial charge in [-0.25, -0.2) is 0 Å². The second-order valence-corrected chi connectivity index (χ2v) is 5.32. The number of rotatable bonds is 2. The van der Waals surface area contributed by atoms with Crippen molar-refractivity contribution < 1.29 is 9.47 Å². The molecular formula is C15H19NO2. The Hall–Kier alpha value is -1.48. The van der Waals surface area contributed by atoms with E-state index in [0.717, 1.165) is 35.5 Å². The lowest BCUT2D eigenvalue weighted by Crippen LogP contribution is -2.37. The van der Waals surface area contributed by atoms with Crippen LogP contribution in [0.2, 0.25) is 0 Å². The summed E-state index contributed by atoms with van der Waals surface area (Å²) >= 11 is 0. The van der Waals surface area contributed by atoms with Crippen LogP contribution in [0.15, 0.2) is 24.8 Å². The Morgan fingerprint density at radius 2 is 2.22 bits per heavy atom. The highest BCUT2D eigenvalue weighted by Gasteiger charge is 2.32. The lowest BCUT2D eigenvalue weighted by molar-refractivity contribution is 0.184. The molecule has 1 aromatic carbocycles. The summed E-state index contributed by atoms with van der Waals surface area (Å²) in [5.41, 5.74) is 8.38. The number of hydrogen-bond donors (Lipinski definition) is 1. The Balaban J connectivity index is 1.76. The Morgan fingerprint density at radius 3 is 2.94 bits per heavy atom. The third kappa shape index (κ3) is 1.89. The highest BCUT2D eigenvalue weighted by atomic mass is 16.5. The minimum absolute atomic E-state index is 0.142. The van der Waals surface area contributed by atoms with Gasteiger partial charge in [0.15, 0.2) is 0 Å². The highest BCUT2D eigenvalue weighted by molar-refractivity contribution is 5.65. The molecule has 0 unspecified atom stereocenters. The highest BCUT2D eigenvalue weighted by Crippen LogP contribution is 2.33. The van der Waals surface area contributed by atoms with Crippen molar-refractivity contribution in [2.75, 3.05) is 0 Å². The van der Waals surface area contributed by atoms with Crippen molar-refractivity contribution >= 4 is 5.76 Å². The van der Waals surface area contributed by atoms with Crippen LogP contribution in [0, 0.1) is 5.92 Å². The van der Waals surface area contributed by atoms with Crippen LogP contribution in [-0.4, -0.2) is 12.1 Å². The first kappa shape index (κ1) is 11.6. The van der Waals surface area contributed by atoms with E-state index in [1.807, 2.05) is 18.2 Å². The van der Waals surface area contributed by atoms with E-state index in [2.05, 4.69) is 13.5 Å². The molecule has 1 aromatic rings.